The minimum absolute atomic E-state index is 0.133. The SMILES string of the molecule is CCOc1ccc(S(=O)(=O)N2CCOCC2)cc1NC(=O)c1cc2c(s1)CCCC2. The van der Waals surface area contributed by atoms with Crippen LogP contribution in [0.15, 0.2) is 29.2 Å². The summed E-state index contributed by atoms with van der Waals surface area (Å²) in [7, 11) is -3.67. The number of nitrogens with zero attached hydrogens (tertiary/aromatic N) is 1. The van der Waals surface area contributed by atoms with Gasteiger partial charge in [0.05, 0.1) is 35.3 Å². The molecule has 7 nitrogen and oxygen atoms in total. The molecule has 1 aliphatic carbocycles. The Morgan fingerprint density at radius 1 is 1.20 bits per heavy atom. The van der Waals surface area contributed by atoms with Crippen molar-refractivity contribution in [3.8, 4) is 5.75 Å². The summed E-state index contributed by atoms with van der Waals surface area (Å²) >= 11 is 1.52. The number of carbonyl (C=O) groups excluding carboxylic acids is 1. The molecule has 0 spiro atoms. The molecule has 0 bridgehead atoms. The monoisotopic (exact) mass is 450 g/mol. The Kier molecular flexibility index (Phi) is 6.43. The number of fused-ring (bicyclic) bond motifs is 1. The molecule has 1 amide bonds. The minimum atomic E-state index is -3.67. The van der Waals surface area contributed by atoms with Crippen molar-refractivity contribution >= 4 is 33.0 Å². The molecule has 30 heavy (non-hydrogen) atoms. The summed E-state index contributed by atoms with van der Waals surface area (Å²) in [6, 6.07) is 6.57. The maximum atomic E-state index is 13.0. The molecular formula is C21H26N2O5S2. The third-order valence-corrected chi connectivity index (χ3v) is 8.46. The molecule has 1 aromatic heterocycles. The Bertz CT molecular complexity index is 1000. The number of hydrogen-bond acceptors (Lipinski definition) is 6. The van der Waals surface area contributed by atoms with E-state index in [4.69, 9.17) is 9.47 Å². The maximum Gasteiger partial charge on any atom is 0.265 e. The molecular weight excluding hydrogens is 424 g/mol. The largest absolute Gasteiger partial charge is 0.492 e. The van der Waals surface area contributed by atoms with Gasteiger partial charge in [0.1, 0.15) is 5.75 Å². The minimum Gasteiger partial charge on any atom is -0.492 e. The number of hydrogen-bond donors (Lipinski definition) is 1. The number of ether oxygens (including phenoxy) is 2. The van der Waals surface area contributed by atoms with Gasteiger partial charge in [0.15, 0.2) is 0 Å². The van der Waals surface area contributed by atoms with Crippen molar-refractivity contribution in [1.29, 1.82) is 0 Å². The van der Waals surface area contributed by atoms with Gasteiger partial charge in [-0.15, -0.1) is 11.3 Å². The third kappa shape index (κ3) is 4.39. The van der Waals surface area contributed by atoms with Crippen LogP contribution in [0.1, 0.15) is 39.9 Å². The van der Waals surface area contributed by atoms with Crippen molar-refractivity contribution in [2.75, 3.05) is 38.2 Å². The first-order chi connectivity index (χ1) is 14.5. The lowest BCUT2D eigenvalue weighted by Crippen LogP contribution is -2.40. The van der Waals surface area contributed by atoms with Gasteiger partial charge in [0, 0.05) is 18.0 Å². The van der Waals surface area contributed by atoms with Crippen molar-refractivity contribution in [1.82, 2.24) is 4.31 Å². The second-order valence-electron chi connectivity index (χ2n) is 7.33. The summed E-state index contributed by atoms with van der Waals surface area (Å²) in [4.78, 5) is 15.0. The van der Waals surface area contributed by atoms with E-state index in [0.717, 1.165) is 25.7 Å². The first kappa shape index (κ1) is 21.3. The molecule has 1 saturated heterocycles. The normalized spacial score (nSPS) is 17.4. The quantitative estimate of drug-likeness (QED) is 0.730. The zero-order chi connectivity index (χ0) is 21.1. The van der Waals surface area contributed by atoms with Crippen molar-refractivity contribution in [3.05, 3.63) is 39.6 Å². The number of morpholine rings is 1. The average Bonchev–Trinajstić information content (AvgIpc) is 3.20. The predicted molar refractivity (Wildman–Crippen MR) is 116 cm³/mol. The Labute approximate surface area is 181 Å². The van der Waals surface area contributed by atoms with E-state index in [2.05, 4.69) is 5.32 Å². The van der Waals surface area contributed by atoms with Crippen molar-refractivity contribution < 1.29 is 22.7 Å². The van der Waals surface area contributed by atoms with Crippen LogP contribution in [0.2, 0.25) is 0 Å². The molecule has 1 fully saturated rings. The Morgan fingerprint density at radius 2 is 1.97 bits per heavy atom. The number of amides is 1. The van der Waals surface area contributed by atoms with Gasteiger partial charge in [-0.3, -0.25) is 4.79 Å². The lowest BCUT2D eigenvalue weighted by Gasteiger charge is -2.26. The van der Waals surface area contributed by atoms with Gasteiger partial charge in [0.25, 0.3) is 5.91 Å². The third-order valence-electron chi connectivity index (χ3n) is 5.33. The highest BCUT2D eigenvalue weighted by Gasteiger charge is 2.27. The zero-order valence-electron chi connectivity index (χ0n) is 17.0. The predicted octanol–water partition coefficient (Wildman–Crippen LogP) is 3.30. The molecule has 2 aliphatic rings. The van der Waals surface area contributed by atoms with Crippen LogP contribution in [0.3, 0.4) is 0 Å². The van der Waals surface area contributed by atoms with Crippen LogP contribution in [0.5, 0.6) is 5.75 Å². The highest BCUT2D eigenvalue weighted by Crippen LogP contribution is 2.33. The van der Waals surface area contributed by atoms with E-state index in [1.54, 1.807) is 6.07 Å². The van der Waals surface area contributed by atoms with Gasteiger partial charge < -0.3 is 14.8 Å². The van der Waals surface area contributed by atoms with Crippen LogP contribution in [0.4, 0.5) is 5.69 Å². The van der Waals surface area contributed by atoms with Crippen molar-refractivity contribution in [2.24, 2.45) is 0 Å². The molecule has 0 saturated carbocycles. The van der Waals surface area contributed by atoms with E-state index < -0.39 is 10.0 Å². The first-order valence-electron chi connectivity index (χ1n) is 10.3. The maximum absolute atomic E-state index is 13.0. The molecule has 0 radical (unpaired) electrons. The second kappa shape index (κ2) is 9.05. The number of aryl methyl sites for hydroxylation is 2. The van der Waals surface area contributed by atoms with Crippen LogP contribution in [-0.4, -0.2) is 51.5 Å². The highest BCUT2D eigenvalue weighted by molar-refractivity contribution is 7.89. The van der Waals surface area contributed by atoms with Gasteiger partial charge in [-0.25, -0.2) is 8.42 Å². The van der Waals surface area contributed by atoms with E-state index in [9.17, 15) is 13.2 Å². The fourth-order valence-electron chi connectivity index (χ4n) is 3.77. The summed E-state index contributed by atoms with van der Waals surface area (Å²) < 4.78 is 38.3. The van der Waals surface area contributed by atoms with Crippen LogP contribution in [0, 0.1) is 0 Å². The second-order valence-corrected chi connectivity index (χ2v) is 10.4. The lowest BCUT2D eigenvalue weighted by molar-refractivity contribution is 0.0730. The summed E-state index contributed by atoms with van der Waals surface area (Å²) in [6.07, 6.45) is 4.34. The van der Waals surface area contributed by atoms with E-state index in [0.29, 0.717) is 49.2 Å². The van der Waals surface area contributed by atoms with Crippen LogP contribution in [0.25, 0.3) is 0 Å². The van der Waals surface area contributed by atoms with E-state index in [-0.39, 0.29) is 10.8 Å². The molecule has 162 valence electrons. The lowest BCUT2D eigenvalue weighted by atomic mass is 9.99. The number of nitrogens with one attached hydrogen (secondary N) is 1. The molecule has 1 aromatic carbocycles. The summed E-state index contributed by atoms with van der Waals surface area (Å²) in [5, 5.41) is 2.88. The van der Waals surface area contributed by atoms with Gasteiger partial charge in [-0.2, -0.15) is 4.31 Å². The van der Waals surface area contributed by atoms with Gasteiger partial charge in [0.2, 0.25) is 10.0 Å². The highest BCUT2D eigenvalue weighted by atomic mass is 32.2. The first-order valence-corrected chi connectivity index (χ1v) is 12.5. The average molecular weight is 451 g/mol. The number of rotatable bonds is 6. The van der Waals surface area contributed by atoms with Gasteiger partial charge >= 0.3 is 0 Å². The van der Waals surface area contributed by atoms with Crippen molar-refractivity contribution in [2.45, 2.75) is 37.5 Å². The number of sulfonamides is 1. The molecule has 0 unspecified atom stereocenters. The smallest absolute Gasteiger partial charge is 0.265 e. The van der Waals surface area contributed by atoms with E-state index >= 15 is 0 Å². The summed E-state index contributed by atoms with van der Waals surface area (Å²) in [5.41, 5.74) is 1.62. The van der Waals surface area contributed by atoms with Crippen LogP contribution >= 0.6 is 11.3 Å². The summed E-state index contributed by atoms with van der Waals surface area (Å²) in [5.74, 6) is 0.212. The number of carbonyl (C=O) groups is 1. The molecule has 0 atom stereocenters. The van der Waals surface area contributed by atoms with E-state index in [1.165, 1.54) is 38.2 Å². The molecule has 1 aliphatic heterocycles. The Balaban J connectivity index is 1.61. The Morgan fingerprint density at radius 3 is 2.70 bits per heavy atom. The molecule has 1 N–H and O–H groups in total. The van der Waals surface area contributed by atoms with Crippen LogP contribution in [-0.2, 0) is 27.6 Å². The number of thiophene rings is 1. The van der Waals surface area contributed by atoms with Crippen LogP contribution < -0.4 is 10.1 Å². The standard InChI is InChI=1S/C21H26N2O5S2/c1-2-28-18-8-7-16(30(25,26)23-9-11-27-12-10-23)14-17(18)22-21(24)20-13-15-5-3-4-6-19(15)29-20/h7-8,13-14H,2-6,9-12H2,1H3,(H,22,24). The topological polar surface area (TPSA) is 84.9 Å². The van der Waals surface area contributed by atoms with Crippen molar-refractivity contribution in [3.63, 3.8) is 0 Å². The summed E-state index contributed by atoms with van der Waals surface area (Å²) in [6.45, 7) is 3.64. The Hall–Kier alpha value is -1.94. The zero-order valence-corrected chi connectivity index (χ0v) is 18.6. The molecule has 9 heteroatoms. The molecule has 2 heterocycles. The van der Waals surface area contributed by atoms with E-state index in [1.807, 2.05) is 13.0 Å². The molecule has 2 aromatic rings. The van der Waals surface area contributed by atoms with Gasteiger partial charge in [-0.05, 0) is 62.4 Å². The molecule has 4 rings (SSSR count). The number of benzene rings is 1. The fraction of sp³-hybridized carbons (Fsp3) is 0.476. The fourth-order valence-corrected chi connectivity index (χ4v) is 6.35. The number of anilines is 1. The van der Waals surface area contributed by atoms with Gasteiger partial charge in [-0.1, -0.05) is 0 Å².